The first-order valence-electron chi connectivity index (χ1n) is 14.8. The molecule has 4 fully saturated rings. The first-order valence-corrected chi connectivity index (χ1v) is 14.8. The van der Waals surface area contributed by atoms with Gasteiger partial charge in [0.15, 0.2) is 17.2 Å². The predicted molar refractivity (Wildman–Crippen MR) is 153 cm³/mol. The molecule has 3 saturated carbocycles. The molecule has 9 heteroatoms. The summed E-state index contributed by atoms with van der Waals surface area (Å²) < 4.78 is 21.2. The highest BCUT2D eigenvalue weighted by atomic mass is 16.7. The number of nitrogen functional groups attached to an aromatic ring is 1. The predicted octanol–water partition coefficient (Wildman–Crippen LogP) is 4.00. The molecule has 0 amide bonds. The number of ketones is 2. The van der Waals surface area contributed by atoms with Gasteiger partial charge in [0.2, 0.25) is 6.29 Å². The second-order valence-corrected chi connectivity index (χ2v) is 13.2. The van der Waals surface area contributed by atoms with E-state index < -0.39 is 47.3 Å². The summed E-state index contributed by atoms with van der Waals surface area (Å²) in [6, 6.07) is 8.94. The number of rotatable bonds is 5. The number of aliphatic hydroxyl groups is 2. The van der Waals surface area contributed by atoms with E-state index in [0.717, 1.165) is 18.4 Å². The van der Waals surface area contributed by atoms with E-state index in [2.05, 4.69) is 6.92 Å². The van der Waals surface area contributed by atoms with Crippen molar-refractivity contribution in [2.75, 3.05) is 12.3 Å². The van der Waals surface area contributed by atoms with Gasteiger partial charge in [-0.15, -0.1) is 0 Å². The van der Waals surface area contributed by atoms with E-state index in [1.165, 1.54) is 0 Å². The topological polar surface area (TPSA) is 133 Å². The van der Waals surface area contributed by atoms with Gasteiger partial charge >= 0.3 is 0 Å². The molecule has 0 bridgehead atoms. The van der Waals surface area contributed by atoms with Crippen LogP contribution in [0.1, 0.15) is 51.5 Å². The summed E-state index contributed by atoms with van der Waals surface area (Å²) in [7, 11) is 1.86. The van der Waals surface area contributed by atoms with Gasteiger partial charge in [-0.25, -0.2) is 0 Å². The fraction of sp³-hybridized carbons (Fsp3) is 0.515. The number of nitrogens with two attached hydrogens (primary N) is 1. The van der Waals surface area contributed by atoms with Gasteiger partial charge in [-0.05, 0) is 73.9 Å². The van der Waals surface area contributed by atoms with Crippen LogP contribution < -0.4 is 10.5 Å². The molecule has 5 aliphatic rings. The maximum Gasteiger partial charge on any atom is 0.200 e. The number of aromatic nitrogens is 1. The van der Waals surface area contributed by atoms with Crippen molar-refractivity contribution in [3.63, 3.8) is 0 Å². The van der Waals surface area contributed by atoms with Gasteiger partial charge in [-0.1, -0.05) is 25.5 Å². The van der Waals surface area contributed by atoms with E-state index in [4.69, 9.17) is 19.9 Å². The number of aliphatic hydroxyl groups excluding tert-OH is 2. The van der Waals surface area contributed by atoms with Gasteiger partial charge in [0, 0.05) is 41.7 Å². The number of fused-ring (bicyclic) bond motifs is 7. The number of aryl methyl sites for hydroxylation is 1. The number of allylic oxidation sites excluding steroid dienone is 4. The molecule has 1 aromatic heterocycles. The number of carbonyl (C=O) groups excluding carboxylic acids is 2. The smallest absolute Gasteiger partial charge is 0.200 e. The first kappa shape index (κ1) is 27.6. The second-order valence-electron chi connectivity index (χ2n) is 13.2. The number of ether oxygens (including phenoxy) is 3. The third kappa shape index (κ3) is 3.70. The van der Waals surface area contributed by atoms with E-state index in [-0.39, 0.29) is 23.5 Å². The summed E-state index contributed by atoms with van der Waals surface area (Å²) in [6.07, 6.45) is 7.50. The average molecular weight is 575 g/mol. The molecule has 1 saturated heterocycles. The summed E-state index contributed by atoms with van der Waals surface area (Å²) in [5.74, 6) is 0.858. The summed E-state index contributed by atoms with van der Waals surface area (Å²) in [6.45, 7) is 3.48. The third-order valence-electron chi connectivity index (χ3n) is 11.2. The Morgan fingerprint density at radius 1 is 1.21 bits per heavy atom. The molecule has 1 aliphatic heterocycles. The van der Waals surface area contributed by atoms with Crippen LogP contribution in [0.25, 0.3) is 0 Å². The summed E-state index contributed by atoms with van der Waals surface area (Å²) in [5, 5.41) is 22.0. The molecule has 4 N–H and O–H groups in total. The molecular weight excluding hydrogens is 536 g/mol. The monoisotopic (exact) mass is 574 g/mol. The van der Waals surface area contributed by atoms with E-state index in [1.807, 2.05) is 36.9 Å². The summed E-state index contributed by atoms with van der Waals surface area (Å²) >= 11 is 0. The van der Waals surface area contributed by atoms with E-state index in [9.17, 15) is 19.8 Å². The molecule has 2 aromatic rings. The van der Waals surface area contributed by atoms with Gasteiger partial charge in [-0.3, -0.25) is 9.59 Å². The summed E-state index contributed by atoms with van der Waals surface area (Å²) in [4.78, 5) is 25.9. The highest BCUT2D eigenvalue weighted by molar-refractivity contribution is 6.01. The summed E-state index contributed by atoms with van der Waals surface area (Å²) in [5.41, 5.74) is 5.62. The van der Waals surface area contributed by atoms with E-state index in [1.54, 1.807) is 36.4 Å². The van der Waals surface area contributed by atoms with E-state index in [0.29, 0.717) is 35.7 Å². The van der Waals surface area contributed by atoms with Crippen LogP contribution in [0.15, 0.2) is 60.3 Å². The quantitative estimate of drug-likeness (QED) is 0.457. The van der Waals surface area contributed by atoms with Crippen molar-refractivity contribution in [3.05, 3.63) is 66.0 Å². The molecule has 4 aliphatic carbocycles. The normalized spacial score (nSPS) is 40.1. The Kier molecular flexibility index (Phi) is 6.16. The zero-order valence-corrected chi connectivity index (χ0v) is 24.2. The Hall–Kier alpha value is -3.24. The van der Waals surface area contributed by atoms with Crippen molar-refractivity contribution in [2.24, 2.45) is 35.6 Å². The standard InChI is InChI=1S/C33H38N2O7/c1-31-11-10-20(37)12-18(31)4-9-23-24-14-28-33(27(39)17-36,32(24,2)15-26(38)29(23)31)42-30(41-28)25-13-22(16-35(25)3)40-21-7-5-19(34)6-8-21/h5-8,10-13,16,23-24,26,28-30,36,38H,4,9,14-15,17,34H2,1-3H3/t23-,24-,26-,28+,29+,30+,31-,32-,33+/m0/s1. The van der Waals surface area contributed by atoms with Crippen LogP contribution in [-0.4, -0.2) is 50.8 Å². The molecule has 222 valence electrons. The minimum absolute atomic E-state index is 0.00510. The Labute approximate surface area is 244 Å². The molecular formula is C33H38N2O7. The van der Waals surface area contributed by atoms with Crippen molar-refractivity contribution < 1.29 is 34.0 Å². The van der Waals surface area contributed by atoms with Crippen LogP contribution in [0.2, 0.25) is 0 Å². The lowest BCUT2D eigenvalue weighted by Gasteiger charge is -2.59. The van der Waals surface area contributed by atoms with Crippen molar-refractivity contribution in [1.29, 1.82) is 0 Å². The molecule has 0 radical (unpaired) electrons. The number of hydrogen-bond donors (Lipinski definition) is 3. The number of Topliss-reactive ketones (excluding diaryl/α,β-unsaturated/α-hetero) is 1. The molecule has 7 rings (SSSR count). The number of anilines is 1. The van der Waals surface area contributed by atoms with Crippen LogP contribution in [0.4, 0.5) is 5.69 Å². The molecule has 0 spiro atoms. The highest BCUT2D eigenvalue weighted by Gasteiger charge is 2.76. The third-order valence-corrected chi connectivity index (χ3v) is 11.2. The van der Waals surface area contributed by atoms with Gasteiger partial charge in [0.1, 0.15) is 18.1 Å². The largest absolute Gasteiger partial charge is 0.456 e. The van der Waals surface area contributed by atoms with Crippen LogP contribution >= 0.6 is 0 Å². The lowest BCUT2D eigenvalue weighted by Crippen LogP contribution is -2.63. The number of nitrogens with zero attached hydrogens (tertiary/aromatic N) is 1. The maximum absolute atomic E-state index is 13.8. The Morgan fingerprint density at radius 3 is 2.71 bits per heavy atom. The molecule has 9 atom stereocenters. The Morgan fingerprint density at radius 2 is 1.98 bits per heavy atom. The second kappa shape index (κ2) is 9.38. The molecule has 2 heterocycles. The first-order chi connectivity index (χ1) is 20.0. The Balaban J connectivity index is 1.21. The zero-order valence-electron chi connectivity index (χ0n) is 24.2. The number of carbonyl (C=O) groups is 2. The van der Waals surface area contributed by atoms with Crippen molar-refractivity contribution >= 4 is 17.3 Å². The van der Waals surface area contributed by atoms with Crippen molar-refractivity contribution in [3.8, 4) is 11.5 Å². The van der Waals surface area contributed by atoms with Crippen LogP contribution in [0, 0.1) is 28.6 Å². The maximum atomic E-state index is 13.8. The molecule has 42 heavy (non-hydrogen) atoms. The average Bonchev–Trinajstić information content (AvgIpc) is 3.58. The lowest BCUT2D eigenvalue weighted by molar-refractivity contribution is -0.202. The number of hydrogen-bond acceptors (Lipinski definition) is 8. The van der Waals surface area contributed by atoms with E-state index >= 15 is 0 Å². The minimum atomic E-state index is -1.40. The van der Waals surface area contributed by atoms with Gasteiger partial charge in [0.25, 0.3) is 0 Å². The fourth-order valence-corrected chi connectivity index (χ4v) is 9.33. The van der Waals surface area contributed by atoms with Gasteiger partial charge in [-0.2, -0.15) is 0 Å². The highest BCUT2D eigenvalue weighted by Crippen LogP contribution is 2.70. The van der Waals surface area contributed by atoms with Crippen LogP contribution in [-0.2, 0) is 26.1 Å². The molecule has 1 aromatic carbocycles. The molecule has 9 nitrogen and oxygen atoms in total. The zero-order chi connectivity index (χ0) is 29.6. The van der Waals surface area contributed by atoms with Gasteiger partial charge in [0.05, 0.1) is 17.9 Å². The molecule has 0 unspecified atom stereocenters. The Bertz CT molecular complexity index is 1510. The van der Waals surface area contributed by atoms with Crippen LogP contribution in [0.3, 0.4) is 0 Å². The van der Waals surface area contributed by atoms with Crippen LogP contribution in [0.5, 0.6) is 11.5 Å². The SMILES string of the molecule is Cn1cc(Oc2ccc(N)cc2)cc1[C@@H]1O[C@@H]2C[C@H]3[C@@H]4CCC5=CC(=O)C=C[C@]5(C)[C@H]4[C@@H](O)C[C@]3(C)[C@]2(C(=O)CO)O1. The van der Waals surface area contributed by atoms with Crippen molar-refractivity contribution in [1.82, 2.24) is 4.57 Å². The van der Waals surface area contributed by atoms with Gasteiger partial charge < -0.3 is 34.7 Å². The van der Waals surface area contributed by atoms with Crippen molar-refractivity contribution in [2.45, 2.75) is 63.6 Å². The minimum Gasteiger partial charge on any atom is -0.456 e. The fourth-order valence-electron chi connectivity index (χ4n) is 9.33. The lowest BCUT2D eigenvalue weighted by atomic mass is 9.46. The number of benzene rings is 1.